The van der Waals surface area contributed by atoms with E-state index in [1.54, 1.807) is 19.1 Å². The summed E-state index contributed by atoms with van der Waals surface area (Å²) in [6, 6.07) is 4.37. The Kier molecular flexibility index (Phi) is 5.78. The van der Waals surface area contributed by atoms with Crippen LogP contribution in [0, 0.1) is 18.7 Å². The van der Waals surface area contributed by atoms with Crippen molar-refractivity contribution in [3.05, 3.63) is 35.1 Å². The molecular formula is C14H20FNO2. The predicted molar refractivity (Wildman–Crippen MR) is 68.6 cm³/mol. The van der Waals surface area contributed by atoms with Crippen LogP contribution in [0.25, 0.3) is 0 Å². The van der Waals surface area contributed by atoms with Crippen molar-refractivity contribution in [3.63, 3.8) is 0 Å². The number of benzene rings is 1. The molecule has 1 aliphatic carbocycles. The average molecular weight is 253 g/mol. The monoisotopic (exact) mass is 253 g/mol. The van der Waals surface area contributed by atoms with Gasteiger partial charge in [0.2, 0.25) is 0 Å². The van der Waals surface area contributed by atoms with E-state index in [1.165, 1.54) is 6.07 Å². The summed E-state index contributed by atoms with van der Waals surface area (Å²) in [4.78, 5) is 16.5. The van der Waals surface area contributed by atoms with Gasteiger partial charge in [-0.1, -0.05) is 19.9 Å². The van der Waals surface area contributed by atoms with Gasteiger partial charge in [-0.3, -0.25) is 9.63 Å². The van der Waals surface area contributed by atoms with E-state index in [2.05, 4.69) is 5.48 Å². The third-order valence-corrected chi connectivity index (χ3v) is 2.61. The molecule has 1 aromatic rings. The highest BCUT2D eigenvalue weighted by Gasteiger charge is 2.21. The fourth-order valence-corrected chi connectivity index (χ4v) is 1.30. The van der Waals surface area contributed by atoms with Gasteiger partial charge in [0.05, 0.1) is 6.61 Å². The summed E-state index contributed by atoms with van der Waals surface area (Å²) in [7, 11) is 0. The van der Waals surface area contributed by atoms with Crippen molar-refractivity contribution in [1.82, 2.24) is 5.48 Å². The molecule has 0 saturated heterocycles. The van der Waals surface area contributed by atoms with E-state index in [0.29, 0.717) is 18.1 Å². The lowest BCUT2D eigenvalue weighted by molar-refractivity contribution is 0.0270. The molecule has 0 unspecified atom stereocenters. The number of halogens is 1. The number of carbonyl (C=O) groups is 1. The van der Waals surface area contributed by atoms with Crippen LogP contribution in [0.2, 0.25) is 0 Å². The Labute approximate surface area is 107 Å². The third kappa shape index (κ3) is 4.45. The van der Waals surface area contributed by atoms with Crippen LogP contribution < -0.4 is 5.48 Å². The molecule has 3 nitrogen and oxygen atoms in total. The summed E-state index contributed by atoms with van der Waals surface area (Å²) in [6.07, 6.45) is 2.32. The molecule has 18 heavy (non-hydrogen) atoms. The largest absolute Gasteiger partial charge is 0.274 e. The van der Waals surface area contributed by atoms with E-state index in [1.807, 2.05) is 13.8 Å². The molecule has 0 radical (unpaired) electrons. The lowest BCUT2D eigenvalue weighted by Gasteiger charge is -2.05. The molecule has 1 aliphatic rings. The quantitative estimate of drug-likeness (QED) is 0.837. The summed E-state index contributed by atoms with van der Waals surface area (Å²) in [5.41, 5.74) is 3.11. The van der Waals surface area contributed by atoms with Crippen LogP contribution in [-0.4, -0.2) is 12.5 Å². The number of carbonyl (C=O) groups excluding carboxylic acids is 1. The normalized spacial score (nSPS) is 13.6. The zero-order chi connectivity index (χ0) is 13.5. The second kappa shape index (κ2) is 7.11. The highest BCUT2D eigenvalue weighted by molar-refractivity contribution is 5.93. The minimum atomic E-state index is -0.403. The van der Waals surface area contributed by atoms with Gasteiger partial charge in [0.15, 0.2) is 0 Å². The van der Waals surface area contributed by atoms with Crippen LogP contribution >= 0.6 is 0 Å². The number of hydrogen-bond acceptors (Lipinski definition) is 2. The van der Waals surface area contributed by atoms with Crippen molar-refractivity contribution in [2.24, 2.45) is 5.92 Å². The Morgan fingerprint density at radius 1 is 1.44 bits per heavy atom. The fraction of sp³-hybridized carbons (Fsp3) is 0.500. The topological polar surface area (TPSA) is 38.3 Å². The maximum absolute atomic E-state index is 13.2. The minimum Gasteiger partial charge on any atom is -0.273 e. The van der Waals surface area contributed by atoms with Crippen LogP contribution in [0.1, 0.15) is 42.6 Å². The maximum Gasteiger partial charge on any atom is 0.274 e. The number of amides is 1. The zero-order valence-electron chi connectivity index (χ0n) is 11.1. The second-order valence-corrected chi connectivity index (χ2v) is 4.15. The van der Waals surface area contributed by atoms with Gasteiger partial charge in [0.1, 0.15) is 5.82 Å². The molecule has 0 aromatic heterocycles. The first kappa shape index (κ1) is 14.6. The van der Waals surface area contributed by atoms with Gasteiger partial charge in [-0.05, 0) is 43.4 Å². The van der Waals surface area contributed by atoms with Crippen LogP contribution in [0.5, 0.6) is 0 Å². The highest BCUT2D eigenvalue weighted by Crippen LogP contribution is 2.28. The molecule has 0 bridgehead atoms. The fourth-order valence-electron chi connectivity index (χ4n) is 1.30. The van der Waals surface area contributed by atoms with Crippen LogP contribution in [0.15, 0.2) is 18.2 Å². The molecule has 1 fully saturated rings. The zero-order valence-corrected chi connectivity index (χ0v) is 11.1. The molecule has 1 aromatic carbocycles. The number of aryl methyl sites for hydroxylation is 1. The van der Waals surface area contributed by atoms with E-state index in [9.17, 15) is 9.18 Å². The molecule has 2 rings (SSSR count). The van der Waals surface area contributed by atoms with Crippen LogP contribution in [0.3, 0.4) is 0 Å². The summed E-state index contributed by atoms with van der Waals surface area (Å²) in [5, 5.41) is 0. The number of nitrogens with one attached hydrogen (secondary N) is 1. The molecule has 0 spiro atoms. The Morgan fingerprint density at radius 2 is 2.11 bits per heavy atom. The summed E-state index contributed by atoms with van der Waals surface area (Å²) >= 11 is 0. The van der Waals surface area contributed by atoms with Crippen molar-refractivity contribution >= 4 is 5.91 Å². The first-order valence-electron chi connectivity index (χ1n) is 6.35. The molecule has 0 atom stereocenters. The Balaban J connectivity index is 0.000000771. The Hall–Kier alpha value is -1.42. The van der Waals surface area contributed by atoms with Gasteiger partial charge in [0, 0.05) is 5.56 Å². The second-order valence-electron chi connectivity index (χ2n) is 4.15. The van der Waals surface area contributed by atoms with Gasteiger partial charge in [-0.25, -0.2) is 9.87 Å². The van der Waals surface area contributed by atoms with Crippen molar-refractivity contribution < 1.29 is 14.0 Å². The first-order valence-corrected chi connectivity index (χ1v) is 6.35. The lowest BCUT2D eigenvalue weighted by atomic mass is 10.1. The summed E-state index contributed by atoms with van der Waals surface area (Å²) in [5.74, 6) is -0.204. The van der Waals surface area contributed by atoms with Gasteiger partial charge < -0.3 is 0 Å². The average Bonchev–Trinajstić information content (AvgIpc) is 3.19. The molecular weight excluding hydrogens is 233 g/mol. The van der Waals surface area contributed by atoms with Gasteiger partial charge in [0.25, 0.3) is 5.91 Å². The van der Waals surface area contributed by atoms with E-state index < -0.39 is 5.91 Å². The number of hydrogen-bond donors (Lipinski definition) is 1. The molecule has 4 heteroatoms. The molecule has 1 amide bonds. The van der Waals surface area contributed by atoms with Crippen LogP contribution in [-0.2, 0) is 4.84 Å². The van der Waals surface area contributed by atoms with Crippen molar-refractivity contribution in [2.75, 3.05) is 6.61 Å². The first-order chi connectivity index (χ1) is 8.66. The standard InChI is InChI=1S/C12H14FNO2.C2H6/c1-8-2-5-10(6-11(8)13)12(15)14-16-7-9-3-4-9;1-2/h2,5-6,9H,3-4,7H2,1H3,(H,14,15);1-2H3. The molecule has 1 saturated carbocycles. The van der Waals surface area contributed by atoms with Crippen molar-refractivity contribution in [3.8, 4) is 0 Å². The molecule has 1 N–H and O–H groups in total. The van der Waals surface area contributed by atoms with E-state index in [4.69, 9.17) is 4.84 Å². The summed E-state index contributed by atoms with van der Waals surface area (Å²) < 4.78 is 13.2. The Morgan fingerprint density at radius 3 is 2.67 bits per heavy atom. The third-order valence-electron chi connectivity index (χ3n) is 2.61. The van der Waals surface area contributed by atoms with Crippen molar-refractivity contribution in [2.45, 2.75) is 33.6 Å². The SMILES string of the molecule is CC.Cc1ccc(C(=O)NOCC2CC2)cc1F. The van der Waals surface area contributed by atoms with E-state index in [-0.39, 0.29) is 11.4 Å². The van der Waals surface area contributed by atoms with E-state index >= 15 is 0 Å². The lowest BCUT2D eigenvalue weighted by Crippen LogP contribution is -2.24. The Bertz CT molecular complexity index is 403. The highest BCUT2D eigenvalue weighted by atomic mass is 19.1. The van der Waals surface area contributed by atoms with Crippen molar-refractivity contribution in [1.29, 1.82) is 0 Å². The van der Waals surface area contributed by atoms with Gasteiger partial charge >= 0.3 is 0 Å². The number of hydroxylamine groups is 1. The number of rotatable bonds is 4. The summed E-state index contributed by atoms with van der Waals surface area (Å²) in [6.45, 7) is 6.20. The van der Waals surface area contributed by atoms with Gasteiger partial charge in [-0.2, -0.15) is 0 Å². The molecule has 0 heterocycles. The molecule has 0 aliphatic heterocycles. The predicted octanol–water partition coefficient (Wildman–Crippen LogP) is 3.23. The van der Waals surface area contributed by atoms with Gasteiger partial charge in [-0.15, -0.1) is 0 Å². The minimum absolute atomic E-state index is 0.277. The van der Waals surface area contributed by atoms with E-state index in [0.717, 1.165) is 12.8 Å². The molecule has 100 valence electrons. The maximum atomic E-state index is 13.2. The van der Waals surface area contributed by atoms with Crippen LogP contribution in [0.4, 0.5) is 4.39 Å². The smallest absolute Gasteiger partial charge is 0.273 e.